The summed E-state index contributed by atoms with van der Waals surface area (Å²) >= 11 is 0. The topological polar surface area (TPSA) is 70.2 Å². The molecule has 0 aliphatic rings. The Morgan fingerprint density at radius 2 is 1.71 bits per heavy atom. The Balaban J connectivity index is 1.71. The van der Waals surface area contributed by atoms with Gasteiger partial charge >= 0.3 is 0 Å². The maximum absolute atomic E-state index is 11.5. The van der Waals surface area contributed by atoms with Crippen molar-refractivity contribution < 1.29 is 4.79 Å². The minimum atomic E-state index is 0.0295. The molecule has 0 unspecified atom stereocenters. The molecule has 2 aromatic carbocycles. The van der Waals surface area contributed by atoms with Crippen LogP contribution < -0.4 is 15.5 Å². The second-order valence-electron chi connectivity index (χ2n) is 6.37. The van der Waals surface area contributed by atoms with Crippen LogP contribution in [0.4, 0.5) is 28.8 Å². The average molecular weight is 375 g/mol. The number of hydrogen-bond donors (Lipinski definition) is 2. The number of carbonyl (C=O) groups excluding carboxylic acids is 1. The summed E-state index contributed by atoms with van der Waals surface area (Å²) in [6.07, 6.45) is 1.69. The standard InChI is InChI=1S/C22H25N5O/c1-4-27(5-2)20-11-9-18(10-12-20)25-22-23-14-13-21(26-22)24-19-8-6-7-17(15-19)16(3)28/h6-15H,4-5H2,1-3H3,(H2,23,24,25,26). The summed E-state index contributed by atoms with van der Waals surface area (Å²) in [4.78, 5) is 22.6. The molecular weight excluding hydrogens is 350 g/mol. The molecule has 1 heterocycles. The first-order valence-corrected chi connectivity index (χ1v) is 9.42. The molecule has 0 aliphatic carbocycles. The average Bonchev–Trinajstić information content (AvgIpc) is 2.71. The molecule has 0 aliphatic heterocycles. The van der Waals surface area contributed by atoms with E-state index in [1.54, 1.807) is 25.3 Å². The number of benzene rings is 2. The Bertz CT molecular complexity index is 936. The lowest BCUT2D eigenvalue weighted by Crippen LogP contribution is -2.21. The summed E-state index contributed by atoms with van der Waals surface area (Å²) in [6, 6.07) is 17.3. The number of hydrogen-bond acceptors (Lipinski definition) is 6. The lowest BCUT2D eigenvalue weighted by Gasteiger charge is -2.21. The van der Waals surface area contributed by atoms with Crippen molar-refractivity contribution >= 4 is 34.6 Å². The van der Waals surface area contributed by atoms with Gasteiger partial charge in [0.1, 0.15) is 5.82 Å². The van der Waals surface area contributed by atoms with Gasteiger partial charge in [0.05, 0.1) is 0 Å². The number of rotatable bonds is 8. The molecule has 0 bridgehead atoms. The Morgan fingerprint density at radius 3 is 2.39 bits per heavy atom. The van der Waals surface area contributed by atoms with Crippen LogP contribution in [0, 0.1) is 0 Å². The summed E-state index contributed by atoms with van der Waals surface area (Å²) in [5.74, 6) is 1.18. The third kappa shape index (κ3) is 4.85. The van der Waals surface area contributed by atoms with Crippen molar-refractivity contribution in [3.8, 4) is 0 Å². The molecule has 0 saturated heterocycles. The highest BCUT2D eigenvalue weighted by Gasteiger charge is 2.05. The second-order valence-corrected chi connectivity index (χ2v) is 6.37. The highest BCUT2D eigenvalue weighted by atomic mass is 16.1. The lowest BCUT2D eigenvalue weighted by atomic mass is 10.1. The van der Waals surface area contributed by atoms with E-state index in [2.05, 4.69) is 51.5 Å². The smallest absolute Gasteiger partial charge is 0.229 e. The zero-order chi connectivity index (χ0) is 19.9. The molecule has 0 amide bonds. The van der Waals surface area contributed by atoms with Crippen LogP contribution in [0.2, 0.25) is 0 Å². The first kappa shape index (κ1) is 19.4. The van der Waals surface area contributed by atoms with Crippen molar-refractivity contribution in [2.45, 2.75) is 20.8 Å². The first-order valence-electron chi connectivity index (χ1n) is 9.42. The maximum atomic E-state index is 11.5. The zero-order valence-electron chi connectivity index (χ0n) is 16.4. The largest absolute Gasteiger partial charge is 0.372 e. The molecule has 0 radical (unpaired) electrons. The van der Waals surface area contributed by atoms with Crippen LogP contribution in [-0.4, -0.2) is 28.8 Å². The fraction of sp³-hybridized carbons (Fsp3) is 0.227. The van der Waals surface area contributed by atoms with Crippen molar-refractivity contribution in [3.05, 3.63) is 66.4 Å². The monoisotopic (exact) mass is 375 g/mol. The zero-order valence-corrected chi connectivity index (χ0v) is 16.4. The lowest BCUT2D eigenvalue weighted by molar-refractivity contribution is 0.101. The van der Waals surface area contributed by atoms with Crippen molar-refractivity contribution in [2.24, 2.45) is 0 Å². The number of Topliss-reactive ketones (excluding diaryl/α,β-unsaturated/α-hetero) is 1. The van der Waals surface area contributed by atoms with Gasteiger partial charge in [0, 0.05) is 41.9 Å². The summed E-state index contributed by atoms with van der Waals surface area (Å²) in [5, 5.41) is 6.44. The van der Waals surface area contributed by atoms with Crippen molar-refractivity contribution in [2.75, 3.05) is 28.6 Å². The van der Waals surface area contributed by atoms with Crippen LogP contribution in [0.1, 0.15) is 31.1 Å². The molecule has 144 valence electrons. The van der Waals surface area contributed by atoms with Gasteiger partial charge in [0.2, 0.25) is 5.95 Å². The van der Waals surface area contributed by atoms with Crippen molar-refractivity contribution in [1.29, 1.82) is 0 Å². The summed E-state index contributed by atoms with van der Waals surface area (Å²) in [5.41, 5.74) is 3.58. The fourth-order valence-electron chi connectivity index (χ4n) is 2.93. The molecule has 6 nitrogen and oxygen atoms in total. The van der Waals surface area contributed by atoms with E-state index in [4.69, 9.17) is 0 Å². The number of anilines is 5. The van der Waals surface area contributed by atoms with Crippen LogP contribution in [-0.2, 0) is 0 Å². The van der Waals surface area contributed by atoms with Gasteiger partial charge in [-0.25, -0.2) is 4.98 Å². The van der Waals surface area contributed by atoms with Gasteiger partial charge < -0.3 is 15.5 Å². The van der Waals surface area contributed by atoms with Crippen LogP contribution in [0.3, 0.4) is 0 Å². The van der Waals surface area contributed by atoms with Gasteiger partial charge in [-0.1, -0.05) is 12.1 Å². The normalized spacial score (nSPS) is 10.4. The van der Waals surface area contributed by atoms with Gasteiger partial charge in [-0.05, 0) is 63.2 Å². The molecule has 2 N–H and O–H groups in total. The summed E-state index contributed by atoms with van der Waals surface area (Å²) < 4.78 is 0. The predicted octanol–water partition coefficient (Wildman–Crippen LogP) is 5.01. The Labute approximate surface area is 165 Å². The first-order chi connectivity index (χ1) is 13.6. The van der Waals surface area contributed by atoms with Crippen LogP contribution >= 0.6 is 0 Å². The van der Waals surface area contributed by atoms with Gasteiger partial charge in [-0.2, -0.15) is 4.98 Å². The van der Waals surface area contributed by atoms with E-state index in [-0.39, 0.29) is 5.78 Å². The Morgan fingerprint density at radius 1 is 0.964 bits per heavy atom. The fourth-order valence-corrected chi connectivity index (χ4v) is 2.93. The van der Waals surface area contributed by atoms with E-state index in [0.717, 1.165) is 24.5 Å². The number of carbonyl (C=O) groups is 1. The molecule has 3 rings (SSSR count). The number of aromatic nitrogens is 2. The third-order valence-electron chi connectivity index (χ3n) is 4.45. The molecule has 1 aromatic heterocycles. The highest BCUT2D eigenvalue weighted by molar-refractivity contribution is 5.95. The molecule has 28 heavy (non-hydrogen) atoms. The third-order valence-corrected chi connectivity index (χ3v) is 4.45. The van der Waals surface area contributed by atoms with E-state index in [9.17, 15) is 4.79 Å². The number of nitrogens with one attached hydrogen (secondary N) is 2. The maximum Gasteiger partial charge on any atom is 0.229 e. The minimum Gasteiger partial charge on any atom is -0.372 e. The van der Waals surface area contributed by atoms with E-state index in [1.807, 2.05) is 30.3 Å². The van der Waals surface area contributed by atoms with Gasteiger partial charge in [0.15, 0.2) is 5.78 Å². The SMILES string of the molecule is CCN(CC)c1ccc(Nc2nccc(Nc3cccc(C(C)=O)c3)n2)cc1. The minimum absolute atomic E-state index is 0.0295. The van der Waals surface area contributed by atoms with Crippen LogP contribution in [0.25, 0.3) is 0 Å². The molecular formula is C22H25N5O. The Kier molecular flexibility index (Phi) is 6.22. The molecule has 0 spiro atoms. The van der Waals surface area contributed by atoms with Crippen molar-refractivity contribution in [3.63, 3.8) is 0 Å². The van der Waals surface area contributed by atoms with E-state index < -0.39 is 0 Å². The summed E-state index contributed by atoms with van der Waals surface area (Å²) in [7, 11) is 0. The van der Waals surface area contributed by atoms with Gasteiger partial charge in [-0.3, -0.25) is 4.79 Å². The van der Waals surface area contributed by atoms with Gasteiger partial charge in [0.25, 0.3) is 0 Å². The molecule has 0 saturated carbocycles. The number of ketones is 1. The van der Waals surface area contributed by atoms with E-state index in [0.29, 0.717) is 17.3 Å². The quantitative estimate of drug-likeness (QED) is 0.539. The van der Waals surface area contributed by atoms with Gasteiger partial charge in [-0.15, -0.1) is 0 Å². The highest BCUT2D eigenvalue weighted by Crippen LogP contribution is 2.21. The molecule has 0 fully saturated rings. The predicted molar refractivity (Wildman–Crippen MR) is 115 cm³/mol. The Hall–Kier alpha value is -3.41. The van der Waals surface area contributed by atoms with E-state index in [1.165, 1.54) is 5.69 Å². The molecule has 3 aromatic rings. The van der Waals surface area contributed by atoms with Crippen molar-refractivity contribution in [1.82, 2.24) is 9.97 Å². The van der Waals surface area contributed by atoms with E-state index >= 15 is 0 Å². The molecule has 6 heteroatoms. The summed E-state index contributed by atoms with van der Waals surface area (Å²) in [6.45, 7) is 7.80. The molecule has 0 atom stereocenters. The van der Waals surface area contributed by atoms with Crippen LogP contribution in [0.15, 0.2) is 60.8 Å². The second kappa shape index (κ2) is 8.99. The van der Waals surface area contributed by atoms with Crippen LogP contribution in [0.5, 0.6) is 0 Å². The number of nitrogens with zero attached hydrogens (tertiary/aromatic N) is 3.